The Kier molecular flexibility index (Phi) is 6.68. The summed E-state index contributed by atoms with van der Waals surface area (Å²) in [5.41, 5.74) is 1.19. The molecule has 1 fully saturated rings. The first-order valence-corrected chi connectivity index (χ1v) is 6.98. The van der Waals surface area contributed by atoms with E-state index in [1.807, 2.05) is 30.3 Å². The summed E-state index contributed by atoms with van der Waals surface area (Å²) in [5, 5.41) is 0. The molecule has 3 nitrogen and oxygen atoms in total. The second kappa shape index (κ2) is 7.83. The van der Waals surface area contributed by atoms with Crippen molar-refractivity contribution in [3.8, 4) is 0 Å². The normalized spacial score (nSPS) is 16.9. The Morgan fingerprint density at radius 2 is 1.77 bits per heavy atom. The molecule has 0 bridgehead atoms. The van der Waals surface area contributed by atoms with Gasteiger partial charge in [-0.1, -0.05) is 30.3 Å². The fraction of sp³-hybridized carbons (Fsp3) is 0.533. The maximum Gasteiger partial charge on any atom is 0.471 e. The Balaban J connectivity index is 0.00000242. The Morgan fingerprint density at radius 3 is 2.27 bits per heavy atom. The first-order valence-electron chi connectivity index (χ1n) is 6.98. The van der Waals surface area contributed by atoms with Crippen LogP contribution in [0.3, 0.4) is 0 Å². The van der Waals surface area contributed by atoms with Crippen molar-refractivity contribution in [2.45, 2.75) is 31.6 Å². The zero-order valence-corrected chi connectivity index (χ0v) is 13.2. The quantitative estimate of drug-likeness (QED) is 0.847. The molecule has 1 aliphatic heterocycles. The third kappa shape index (κ3) is 4.88. The summed E-state index contributed by atoms with van der Waals surface area (Å²) in [5.74, 6) is -1.75. The molecule has 1 aromatic rings. The number of rotatable bonds is 3. The Hall–Kier alpha value is -1.27. The van der Waals surface area contributed by atoms with Gasteiger partial charge in [0.05, 0.1) is 0 Å². The predicted molar refractivity (Wildman–Crippen MR) is 80.8 cm³/mol. The molecule has 0 saturated carbocycles. The highest BCUT2D eigenvalue weighted by Gasteiger charge is 2.43. The summed E-state index contributed by atoms with van der Waals surface area (Å²) < 4.78 is 37.3. The molecular formula is C15H20ClF3N2O. The number of benzene rings is 1. The highest BCUT2D eigenvalue weighted by atomic mass is 35.5. The lowest BCUT2D eigenvalue weighted by Crippen LogP contribution is -2.49. The molecule has 0 aliphatic carbocycles. The smallest absolute Gasteiger partial charge is 0.335 e. The minimum absolute atomic E-state index is 0. The molecule has 1 aromatic carbocycles. The van der Waals surface area contributed by atoms with E-state index >= 15 is 0 Å². The number of halogens is 4. The molecule has 7 heteroatoms. The first-order chi connectivity index (χ1) is 9.88. The van der Waals surface area contributed by atoms with Crippen LogP contribution in [0.2, 0.25) is 0 Å². The Morgan fingerprint density at radius 1 is 1.23 bits per heavy atom. The molecule has 1 heterocycles. The number of likely N-dealkylation sites (tertiary alicyclic amines) is 1. The Bertz CT molecular complexity index is 473. The van der Waals surface area contributed by atoms with Gasteiger partial charge in [0.1, 0.15) is 0 Å². The number of alkyl halides is 3. The zero-order valence-electron chi connectivity index (χ0n) is 12.3. The summed E-state index contributed by atoms with van der Waals surface area (Å²) in [6, 6.07) is 9.63. The van der Waals surface area contributed by atoms with E-state index in [1.165, 1.54) is 12.6 Å². The lowest BCUT2D eigenvalue weighted by Gasteiger charge is -2.36. The monoisotopic (exact) mass is 336 g/mol. The molecule has 1 saturated heterocycles. The van der Waals surface area contributed by atoms with Crippen LogP contribution in [-0.4, -0.2) is 48.1 Å². The minimum Gasteiger partial charge on any atom is -0.335 e. The van der Waals surface area contributed by atoms with Crippen molar-refractivity contribution in [1.29, 1.82) is 0 Å². The average molecular weight is 337 g/mol. The van der Waals surface area contributed by atoms with Crippen LogP contribution in [0.4, 0.5) is 13.2 Å². The number of carbonyl (C=O) groups is 1. The lowest BCUT2D eigenvalue weighted by molar-refractivity contribution is -0.187. The van der Waals surface area contributed by atoms with E-state index in [1.54, 1.807) is 0 Å². The molecule has 2 rings (SSSR count). The molecule has 22 heavy (non-hydrogen) atoms. The second-order valence-electron chi connectivity index (χ2n) is 5.41. The van der Waals surface area contributed by atoms with Crippen LogP contribution < -0.4 is 0 Å². The highest BCUT2D eigenvalue weighted by molar-refractivity contribution is 5.85. The third-order valence-corrected chi connectivity index (χ3v) is 3.92. The van der Waals surface area contributed by atoms with Crippen LogP contribution in [-0.2, 0) is 11.3 Å². The fourth-order valence-corrected chi connectivity index (χ4v) is 2.67. The van der Waals surface area contributed by atoms with Gasteiger partial charge in [-0.25, -0.2) is 0 Å². The van der Waals surface area contributed by atoms with E-state index in [-0.39, 0.29) is 18.4 Å². The van der Waals surface area contributed by atoms with Crippen LogP contribution in [0.1, 0.15) is 18.4 Å². The van der Waals surface area contributed by atoms with Crippen LogP contribution >= 0.6 is 12.4 Å². The fourth-order valence-electron chi connectivity index (χ4n) is 2.67. The molecule has 0 aromatic heterocycles. The number of nitrogens with zero attached hydrogens (tertiary/aromatic N) is 2. The number of carbonyl (C=O) groups excluding carboxylic acids is 1. The molecule has 1 aliphatic rings. The number of amides is 1. The molecule has 0 spiro atoms. The Labute approximate surface area is 134 Å². The van der Waals surface area contributed by atoms with E-state index in [2.05, 4.69) is 4.90 Å². The van der Waals surface area contributed by atoms with Crippen LogP contribution in [0.25, 0.3) is 0 Å². The van der Waals surface area contributed by atoms with Crippen molar-refractivity contribution in [2.24, 2.45) is 0 Å². The zero-order chi connectivity index (χ0) is 15.5. The lowest BCUT2D eigenvalue weighted by atomic mass is 10.0. The minimum atomic E-state index is -4.78. The van der Waals surface area contributed by atoms with Crippen molar-refractivity contribution in [2.75, 3.05) is 20.1 Å². The van der Waals surface area contributed by atoms with Gasteiger partial charge in [0, 0.05) is 32.7 Å². The summed E-state index contributed by atoms with van der Waals surface area (Å²) in [6.45, 7) is 2.20. The topological polar surface area (TPSA) is 23.6 Å². The molecule has 1 amide bonds. The molecule has 0 radical (unpaired) electrons. The van der Waals surface area contributed by atoms with Crippen LogP contribution in [0.5, 0.6) is 0 Å². The van der Waals surface area contributed by atoms with Crippen LogP contribution in [0, 0.1) is 0 Å². The SMILES string of the molecule is CN(C(=O)C(F)(F)F)C1CCN(Cc2ccccc2)CC1.Cl. The number of hydrogen-bond acceptors (Lipinski definition) is 2. The van der Waals surface area contributed by atoms with Crippen molar-refractivity contribution in [1.82, 2.24) is 9.80 Å². The third-order valence-electron chi connectivity index (χ3n) is 3.92. The molecule has 124 valence electrons. The summed E-state index contributed by atoms with van der Waals surface area (Å²) in [7, 11) is 1.24. The summed E-state index contributed by atoms with van der Waals surface area (Å²) in [4.78, 5) is 14.3. The predicted octanol–water partition coefficient (Wildman–Crippen LogP) is 3.09. The molecule has 0 unspecified atom stereocenters. The maximum absolute atomic E-state index is 12.4. The molecule has 0 atom stereocenters. The highest BCUT2D eigenvalue weighted by Crippen LogP contribution is 2.23. The summed E-state index contributed by atoms with van der Waals surface area (Å²) in [6.07, 6.45) is -3.63. The van der Waals surface area contributed by atoms with E-state index < -0.39 is 12.1 Å². The largest absolute Gasteiger partial charge is 0.471 e. The van der Waals surface area contributed by atoms with Gasteiger partial charge >= 0.3 is 12.1 Å². The standard InChI is InChI=1S/C15H19F3N2O.ClH/c1-19(14(21)15(16,17)18)13-7-9-20(10-8-13)11-12-5-3-2-4-6-12;/h2-6,13H,7-11H2,1H3;1H. The van der Waals surface area contributed by atoms with Gasteiger partial charge in [-0.15, -0.1) is 12.4 Å². The average Bonchev–Trinajstić information content (AvgIpc) is 2.46. The van der Waals surface area contributed by atoms with Gasteiger partial charge in [0.15, 0.2) is 0 Å². The van der Waals surface area contributed by atoms with Crippen molar-refractivity contribution in [3.63, 3.8) is 0 Å². The van der Waals surface area contributed by atoms with Crippen molar-refractivity contribution in [3.05, 3.63) is 35.9 Å². The summed E-state index contributed by atoms with van der Waals surface area (Å²) >= 11 is 0. The molecule has 0 N–H and O–H groups in total. The van der Waals surface area contributed by atoms with Gasteiger partial charge in [0.2, 0.25) is 0 Å². The van der Waals surface area contributed by atoms with Crippen molar-refractivity contribution >= 4 is 18.3 Å². The van der Waals surface area contributed by atoms with Crippen molar-refractivity contribution < 1.29 is 18.0 Å². The van der Waals surface area contributed by atoms with E-state index in [0.29, 0.717) is 25.9 Å². The van der Waals surface area contributed by atoms with Gasteiger partial charge < -0.3 is 4.90 Å². The first kappa shape index (κ1) is 18.8. The molecular weight excluding hydrogens is 317 g/mol. The van der Waals surface area contributed by atoms with Crippen LogP contribution in [0.15, 0.2) is 30.3 Å². The van der Waals surface area contributed by atoms with E-state index in [0.717, 1.165) is 11.4 Å². The maximum atomic E-state index is 12.4. The van der Waals surface area contributed by atoms with Gasteiger partial charge in [-0.05, 0) is 18.4 Å². The number of hydrogen-bond donors (Lipinski definition) is 0. The van der Waals surface area contributed by atoms with Gasteiger partial charge in [-0.2, -0.15) is 13.2 Å². The second-order valence-corrected chi connectivity index (χ2v) is 5.41. The van der Waals surface area contributed by atoms with E-state index in [9.17, 15) is 18.0 Å². The van der Waals surface area contributed by atoms with E-state index in [4.69, 9.17) is 0 Å². The number of piperidine rings is 1. The van der Waals surface area contributed by atoms with Gasteiger partial charge in [-0.3, -0.25) is 9.69 Å². The van der Waals surface area contributed by atoms with Gasteiger partial charge in [0.25, 0.3) is 0 Å².